The number of aromatic nitrogens is 2. The van der Waals surface area contributed by atoms with E-state index >= 15 is 0 Å². The van der Waals surface area contributed by atoms with Crippen LogP contribution in [0.25, 0.3) is 0 Å². The van der Waals surface area contributed by atoms with Crippen LogP contribution in [0, 0.1) is 6.92 Å². The third-order valence-corrected chi connectivity index (χ3v) is 3.45. The minimum absolute atomic E-state index is 0.693. The molecule has 1 rings (SSSR count). The molecule has 0 amide bonds. The zero-order chi connectivity index (χ0) is 13.9. The molecule has 1 radical (unpaired) electrons. The van der Waals surface area contributed by atoms with Gasteiger partial charge in [0.25, 0.3) is 0 Å². The molecule has 0 aromatic carbocycles. The molecule has 0 saturated carbocycles. The third-order valence-electron chi connectivity index (χ3n) is 3.45. The fraction of sp³-hybridized carbons (Fsp3) is 0.706. The summed E-state index contributed by atoms with van der Waals surface area (Å²) < 4.78 is 0. The van der Waals surface area contributed by atoms with Gasteiger partial charge in [0, 0.05) is 18.3 Å². The van der Waals surface area contributed by atoms with Crippen molar-refractivity contribution < 1.29 is 0 Å². The predicted octanol–water partition coefficient (Wildman–Crippen LogP) is 4.90. The smallest absolute Gasteiger partial charge is 0.129 e. The number of aryl methyl sites for hydroxylation is 2. The average molecular weight is 261 g/mol. The van der Waals surface area contributed by atoms with E-state index in [1.807, 2.05) is 0 Å². The summed E-state index contributed by atoms with van der Waals surface area (Å²) in [4.78, 5) is 8.91. The number of nitrogens with zero attached hydrogens (tertiary/aromatic N) is 2. The summed E-state index contributed by atoms with van der Waals surface area (Å²) in [5.41, 5.74) is 2.36. The van der Waals surface area contributed by atoms with Crippen LogP contribution < -0.4 is 0 Å². The molecule has 19 heavy (non-hydrogen) atoms. The monoisotopic (exact) mass is 261 g/mol. The number of hydrogen-bond acceptors (Lipinski definition) is 2. The van der Waals surface area contributed by atoms with Crippen molar-refractivity contribution in [1.29, 1.82) is 0 Å². The first-order valence-electron chi connectivity index (χ1n) is 7.95. The summed E-state index contributed by atoms with van der Waals surface area (Å²) in [6.07, 6.45) is 12.5. The summed E-state index contributed by atoms with van der Waals surface area (Å²) in [6, 6.07) is 2.19. The first kappa shape index (κ1) is 16.1. The number of rotatable bonds is 10. The maximum atomic E-state index is 4.45. The molecule has 1 aromatic rings. The van der Waals surface area contributed by atoms with Gasteiger partial charge in [-0.15, -0.1) is 0 Å². The van der Waals surface area contributed by atoms with E-state index in [9.17, 15) is 0 Å². The van der Waals surface area contributed by atoms with Gasteiger partial charge in [-0.1, -0.05) is 52.4 Å². The van der Waals surface area contributed by atoms with Crippen molar-refractivity contribution >= 4 is 0 Å². The highest BCUT2D eigenvalue weighted by molar-refractivity contribution is 5.13. The van der Waals surface area contributed by atoms with Gasteiger partial charge >= 0.3 is 0 Å². The molecule has 0 atom stereocenters. The molecule has 1 heterocycles. The van der Waals surface area contributed by atoms with E-state index in [1.165, 1.54) is 62.8 Å². The van der Waals surface area contributed by atoms with Gasteiger partial charge < -0.3 is 0 Å². The Kier molecular flexibility index (Phi) is 8.44. The Balaban J connectivity index is 2.41. The first-order valence-corrected chi connectivity index (χ1v) is 7.95. The number of hydrogen-bond donors (Lipinski definition) is 0. The minimum Gasteiger partial charge on any atom is -0.238 e. The van der Waals surface area contributed by atoms with Gasteiger partial charge in [0.1, 0.15) is 5.82 Å². The molecule has 0 fully saturated rings. The van der Waals surface area contributed by atoms with E-state index in [4.69, 9.17) is 0 Å². The molecule has 2 heteroatoms. The first-order chi connectivity index (χ1) is 9.26. The maximum Gasteiger partial charge on any atom is 0.129 e. The van der Waals surface area contributed by atoms with Crippen molar-refractivity contribution in [3.63, 3.8) is 0 Å². The van der Waals surface area contributed by atoms with Crippen LogP contribution in [0.4, 0.5) is 0 Å². The highest BCUT2D eigenvalue weighted by atomic mass is 14.9. The van der Waals surface area contributed by atoms with Crippen molar-refractivity contribution in [2.24, 2.45) is 0 Å². The lowest BCUT2D eigenvalue weighted by Crippen LogP contribution is -2.01. The third kappa shape index (κ3) is 7.29. The van der Waals surface area contributed by atoms with Gasteiger partial charge in [0.2, 0.25) is 0 Å². The predicted molar refractivity (Wildman–Crippen MR) is 82.2 cm³/mol. The molecule has 2 nitrogen and oxygen atoms in total. The van der Waals surface area contributed by atoms with E-state index in [-0.39, 0.29) is 0 Å². The van der Waals surface area contributed by atoms with Crippen LogP contribution in [0.2, 0.25) is 0 Å². The summed E-state index contributed by atoms with van der Waals surface area (Å²) in [5, 5.41) is 0. The molecule has 0 bridgehead atoms. The second kappa shape index (κ2) is 9.94. The van der Waals surface area contributed by atoms with E-state index in [0.29, 0.717) is 5.82 Å². The van der Waals surface area contributed by atoms with Crippen LogP contribution >= 0.6 is 0 Å². The van der Waals surface area contributed by atoms with Gasteiger partial charge in [-0.2, -0.15) is 0 Å². The largest absolute Gasteiger partial charge is 0.238 e. The highest BCUT2D eigenvalue weighted by Crippen LogP contribution is 2.11. The second-order valence-electron chi connectivity index (χ2n) is 5.39. The minimum atomic E-state index is 0.693. The Labute approximate surface area is 119 Å². The van der Waals surface area contributed by atoms with Crippen molar-refractivity contribution in [2.75, 3.05) is 0 Å². The second-order valence-corrected chi connectivity index (χ2v) is 5.39. The standard InChI is InChI=1S/C17H29N2/c1-4-6-8-10-12-16-14-17(19-15(3)18-16)13-11-9-7-5-2/h14H,3-13H2,1-2H3. The topological polar surface area (TPSA) is 25.8 Å². The normalized spacial score (nSPS) is 10.9. The Hall–Kier alpha value is -0.920. The van der Waals surface area contributed by atoms with Gasteiger partial charge in [0.05, 0.1) is 0 Å². The number of unbranched alkanes of at least 4 members (excludes halogenated alkanes) is 6. The van der Waals surface area contributed by atoms with Crippen LogP contribution in [-0.4, -0.2) is 9.97 Å². The van der Waals surface area contributed by atoms with Crippen LogP contribution in [0.1, 0.15) is 82.4 Å². The van der Waals surface area contributed by atoms with Gasteiger partial charge in [-0.3, -0.25) is 0 Å². The van der Waals surface area contributed by atoms with Crippen LogP contribution in [-0.2, 0) is 12.8 Å². The molecule has 0 aliphatic heterocycles. The van der Waals surface area contributed by atoms with E-state index in [2.05, 4.69) is 36.8 Å². The van der Waals surface area contributed by atoms with Crippen molar-refractivity contribution in [3.8, 4) is 0 Å². The fourth-order valence-electron chi connectivity index (χ4n) is 2.34. The lowest BCUT2D eigenvalue weighted by Gasteiger charge is -2.06. The summed E-state index contributed by atoms with van der Waals surface area (Å²) in [7, 11) is 0. The summed E-state index contributed by atoms with van der Waals surface area (Å²) in [6.45, 7) is 8.39. The van der Waals surface area contributed by atoms with Crippen molar-refractivity contribution in [2.45, 2.75) is 78.1 Å². The fourth-order valence-corrected chi connectivity index (χ4v) is 2.34. The van der Waals surface area contributed by atoms with Crippen molar-refractivity contribution in [3.05, 3.63) is 30.2 Å². The van der Waals surface area contributed by atoms with Crippen molar-refractivity contribution in [1.82, 2.24) is 9.97 Å². The van der Waals surface area contributed by atoms with Crippen LogP contribution in [0.15, 0.2) is 6.07 Å². The molecular formula is C17H29N2. The Morgan fingerprint density at radius 3 is 1.68 bits per heavy atom. The van der Waals surface area contributed by atoms with E-state index < -0.39 is 0 Å². The van der Waals surface area contributed by atoms with Gasteiger partial charge in [-0.05, 0) is 31.7 Å². The molecule has 0 saturated heterocycles. The van der Waals surface area contributed by atoms with Crippen LogP contribution in [0.5, 0.6) is 0 Å². The van der Waals surface area contributed by atoms with Gasteiger partial charge in [-0.25, -0.2) is 9.97 Å². The van der Waals surface area contributed by atoms with Gasteiger partial charge in [0.15, 0.2) is 0 Å². The average Bonchev–Trinajstić information content (AvgIpc) is 2.39. The Morgan fingerprint density at radius 2 is 1.26 bits per heavy atom. The zero-order valence-electron chi connectivity index (χ0n) is 12.7. The molecule has 1 aromatic heterocycles. The Morgan fingerprint density at radius 1 is 0.789 bits per heavy atom. The lowest BCUT2D eigenvalue weighted by atomic mass is 10.1. The highest BCUT2D eigenvalue weighted by Gasteiger charge is 2.02. The molecule has 0 aliphatic carbocycles. The molecular weight excluding hydrogens is 232 g/mol. The van der Waals surface area contributed by atoms with E-state index in [1.54, 1.807) is 0 Å². The van der Waals surface area contributed by atoms with Crippen LogP contribution in [0.3, 0.4) is 0 Å². The molecule has 0 aliphatic rings. The van der Waals surface area contributed by atoms with E-state index in [0.717, 1.165) is 12.8 Å². The zero-order valence-corrected chi connectivity index (χ0v) is 12.7. The quantitative estimate of drug-likeness (QED) is 0.560. The lowest BCUT2D eigenvalue weighted by molar-refractivity contribution is 0.648. The Bertz CT molecular complexity index is 317. The summed E-state index contributed by atoms with van der Waals surface area (Å²) in [5.74, 6) is 0.693. The maximum absolute atomic E-state index is 4.45. The molecule has 0 N–H and O–H groups in total. The molecule has 107 valence electrons. The SMILES string of the molecule is [CH2]c1nc(CCCCCC)cc(CCCCCC)n1. The molecule has 0 spiro atoms. The summed E-state index contributed by atoms with van der Waals surface area (Å²) >= 11 is 0. The molecule has 0 unspecified atom stereocenters.